The number of fused-ring (bicyclic) bond motifs is 1. The zero-order chi connectivity index (χ0) is 20.1. The Labute approximate surface area is 166 Å². The highest BCUT2D eigenvalue weighted by Gasteiger charge is 2.35. The van der Waals surface area contributed by atoms with Crippen LogP contribution in [0, 0.1) is 0 Å². The predicted octanol–water partition coefficient (Wildman–Crippen LogP) is 4.92. The smallest absolute Gasteiger partial charge is 0.163 e. The van der Waals surface area contributed by atoms with Crippen LogP contribution >= 0.6 is 0 Å². The van der Waals surface area contributed by atoms with Gasteiger partial charge in [0.05, 0.1) is 13.7 Å². The van der Waals surface area contributed by atoms with Crippen LogP contribution in [0.15, 0.2) is 42.5 Å². The molecular weight excluding hydrogens is 352 g/mol. The lowest BCUT2D eigenvalue weighted by molar-refractivity contribution is -0.116. The fourth-order valence-electron chi connectivity index (χ4n) is 3.86. The summed E-state index contributed by atoms with van der Waals surface area (Å²) in [5.74, 6) is 1.80. The Morgan fingerprint density at radius 3 is 2.68 bits per heavy atom. The van der Waals surface area contributed by atoms with Gasteiger partial charge >= 0.3 is 0 Å². The molecule has 2 aromatic carbocycles. The lowest BCUT2D eigenvalue weighted by Gasteiger charge is -2.35. The minimum Gasteiger partial charge on any atom is -0.493 e. The summed E-state index contributed by atoms with van der Waals surface area (Å²) in [5, 5.41) is 0. The molecule has 1 aliphatic rings. The fourth-order valence-corrected chi connectivity index (χ4v) is 3.86. The minimum absolute atomic E-state index is 0.0703. The molecular formula is C24H28O4. The Kier molecular flexibility index (Phi) is 6.18. The summed E-state index contributed by atoms with van der Waals surface area (Å²) in [6.45, 7) is 4.36. The van der Waals surface area contributed by atoms with Crippen LogP contribution in [0.25, 0.3) is 0 Å². The summed E-state index contributed by atoms with van der Waals surface area (Å²) < 4.78 is 11.5. The number of carbonyl (C=O) groups excluding carboxylic acids is 2. The van der Waals surface area contributed by atoms with Crippen molar-refractivity contribution in [2.45, 2.75) is 51.4 Å². The van der Waals surface area contributed by atoms with Crippen LogP contribution in [0.5, 0.6) is 11.5 Å². The van der Waals surface area contributed by atoms with E-state index in [-0.39, 0.29) is 17.0 Å². The molecule has 1 unspecified atom stereocenters. The van der Waals surface area contributed by atoms with E-state index >= 15 is 0 Å². The molecule has 3 rings (SSSR count). The van der Waals surface area contributed by atoms with Gasteiger partial charge in [-0.1, -0.05) is 37.3 Å². The van der Waals surface area contributed by atoms with Crippen molar-refractivity contribution in [2.24, 2.45) is 0 Å². The molecule has 0 radical (unpaired) electrons. The number of aryl methyl sites for hydroxylation is 1. The quantitative estimate of drug-likeness (QED) is 0.652. The molecule has 0 amide bonds. The number of ether oxygens (including phenoxy) is 2. The lowest BCUT2D eigenvalue weighted by Crippen LogP contribution is -2.32. The van der Waals surface area contributed by atoms with Crippen molar-refractivity contribution in [3.05, 3.63) is 59.2 Å². The lowest BCUT2D eigenvalue weighted by atomic mass is 9.69. The molecule has 0 spiro atoms. The summed E-state index contributed by atoms with van der Waals surface area (Å²) in [4.78, 5) is 23.4. The molecule has 0 fully saturated rings. The number of ketones is 2. The molecule has 2 aromatic rings. The molecule has 0 heterocycles. The molecule has 0 saturated heterocycles. The predicted molar refractivity (Wildman–Crippen MR) is 109 cm³/mol. The number of Topliss-reactive ketones (excluding diaryl/α,β-unsaturated/α-hetero) is 2. The standard InChI is InChI=1S/C24H28O4/c1-17(25)8-9-18-10-11-22(23(16-18)27-3)28-15-14-24(2)13-12-21(26)19-6-4-5-7-20(19)24/h4-7,10-11,16H,8-9,12-15H2,1-3H3. The van der Waals surface area contributed by atoms with E-state index in [0.717, 1.165) is 29.5 Å². The summed E-state index contributed by atoms with van der Waals surface area (Å²) in [7, 11) is 1.63. The molecule has 4 heteroatoms. The van der Waals surface area contributed by atoms with Crippen LogP contribution in [0.4, 0.5) is 0 Å². The number of carbonyl (C=O) groups is 2. The third-order valence-corrected chi connectivity index (χ3v) is 5.69. The van der Waals surface area contributed by atoms with Crippen LogP contribution in [0.2, 0.25) is 0 Å². The molecule has 1 atom stereocenters. The highest BCUT2D eigenvalue weighted by molar-refractivity contribution is 5.99. The van der Waals surface area contributed by atoms with Gasteiger partial charge in [-0.15, -0.1) is 0 Å². The van der Waals surface area contributed by atoms with Crippen molar-refractivity contribution in [1.82, 2.24) is 0 Å². The Balaban J connectivity index is 1.67. The topological polar surface area (TPSA) is 52.6 Å². The fraction of sp³-hybridized carbons (Fsp3) is 0.417. The second-order valence-electron chi connectivity index (χ2n) is 7.82. The van der Waals surface area contributed by atoms with Crippen molar-refractivity contribution in [3.63, 3.8) is 0 Å². The second-order valence-corrected chi connectivity index (χ2v) is 7.82. The second kappa shape index (κ2) is 8.59. The molecule has 148 valence electrons. The van der Waals surface area contributed by atoms with E-state index in [4.69, 9.17) is 9.47 Å². The van der Waals surface area contributed by atoms with Crippen molar-refractivity contribution < 1.29 is 19.1 Å². The normalized spacial score (nSPS) is 18.5. The van der Waals surface area contributed by atoms with Gasteiger partial charge in [-0.05, 0) is 54.9 Å². The first-order valence-corrected chi connectivity index (χ1v) is 9.85. The molecule has 0 N–H and O–H groups in total. The highest BCUT2D eigenvalue weighted by atomic mass is 16.5. The van der Waals surface area contributed by atoms with Crippen LogP contribution < -0.4 is 9.47 Å². The number of rotatable bonds is 8. The molecule has 1 aliphatic carbocycles. The number of hydrogen-bond acceptors (Lipinski definition) is 4. The summed E-state index contributed by atoms with van der Waals surface area (Å²) in [6.07, 6.45) is 3.48. The third-order valence-electron chi connectivity index (χ3n) is 5.69. The van der Waals surface area contributed by atoms with Crippen LogP contribution in [-0.2, 0) is 16.6 Å². The van der Waals surface area contributed by atoms with E-state index in [9.17, 15) is 9.59 Å². The Morgan fingerprint density at radius 2 is 1.93 bits per heavy atom. The van der Waals surface area contributed by atoms with Gasteiger partial charge in [-0.3, -0.25) is 4.79 Å². The molecule has 28 heavy (non-hydrogen) atoms. The summed E-state index contributed by atoms with van der Waals surface area (Å²) in [5.41, 5.74) is 2.97. The molecule has 0 bridgehead atoms. The van der Waals surface area contributed by atoms with Gasteiger partial charge in [-0.2, -0.15) is 0 Å². The SMILES string of the molecule is COc1cc(CCC(C)=O)ccc1OCCC1(C)CCC(=O)c2ccccc21. The number of benzene rings is 2. The number of methoxy groups -OCH3 is 1. The largest absolute Gasteiger partial charge is 0.493 e. The first-order valence-electron chi connectivity index (χ1n) is 9.85. The van der Waals surface area contributed by atoms with E-state index in [0.29, 0.717) is 37.4 Å². The maximum absolute atomic E-state index is 12.2. The Bertz CT molecular complexity index is 871. The van der Waals surface area contributed by atoms with E-state index in [1.807, 2.05) is 36.4 Å². The van der Waals surface area contributed by atoms with Crippen molar-refractivity contribution in [1.29, 1.82) is 0 Å². The van der Waals surface area contributed by atoms with Gasteiger partial charge in [-0.25, -0.2) is 0 Å². The van der Waals surface area contributed by atoms with Gasteiger partial charge in [0.2, 0.25) is 0 Å². The van der Waals surface area contributed by atoms with Crippen LogP contribution in [0.3, 0.4) is 0 Å². The van der Waals surface area contributed by atoms with Crippen LogP contribution in [0.1, 0.15) is 61.0 Å². The van der Waals surface area contributed by atoms with Gasteiger partial charge in [0, 0.05) is 18.4 Å². The van der Waals surface area contributed by atoms with Crippen LogP contribution in [-0.4, -0.2) is 25.3 Å². The Hall–Kier alpha value is -2.62. The van der Waals surface area contributed by atoms with Crippen molar-refractivity contribution in [2.75, 3.05) is 13.7 Å². The van der Waals surface area contributed by atoms with E-state index in [2.05, 4.69) is 13.0 Å². The highest BCUT2D eigenvalue weighted by Crippen LogP contribution is 2.40. The zero-order valence-corrected chi connectivity index (χ0v) is 16.9. The van der Waals surface area contributed by atoms with Gasteiger partial charge in [0.1, 0.15) is 5.78 Å². The average Bonchev–Trinajstić information content (AvgIpc) is 2.70. The third kappa shape index (κ3) is 4.44. The molecule has 0 saturated carbocycles. The average molecular weight is 380 g/mol. The molecule has 0 aliphatic heterocycles. The minimum atomic E-state index is -0.0703. The molecule has 4 nitrogen and oxygen atoms in total. The van der Waals surface area contributed by atoms with E-state index < -0.39 is 0 Å². The monoisotopic (exact) mass is 380 g/mol. The maximum atomic E-state index is 12.2. The Morgan fingerprint density at radius 1 is 1.14 bits per heavy atom. The van der Waals surface area contributed by atoms with E-state index in [1.165, 1.54) is 0 Å². The van der Waals surface area contributed by atoms with Gasteiger partial charge in [0.15, 0.2) is 17.3 Å². The van der Waals surface area contributed by atoms with E-state index in [1.54, 1.807) is 14.0 Å². The maximum Gasteiger partial charge on any atom is 0.163 e. The summed E-state index contributed by atoms with van der Waals surface area (Å²) >= 11 is 0. The number of hydrogen-bond donors (Lipinski definition) is 0. The van der Waals surface area contributed by atoms with Crippen molar-refractivity contribution in [3.8, 4) is 11.5 Å². The van der Waals surface area contributed by atoms with Gasteiger partial charge < -0.3 is 14.3 Å². The zero-order valence-electron chi connectivity index (χ0n) is 16.9. The first-order chi connectivity index (χ1) is 13.4. The molecule has 0 aromatic heterocycles. The van der Waals surface area contributed by atoms with Crippen molar-refractivity contribution >= 4 is 11.6 Å². The van der Waals surface area contributed by atoms with Gasteiger partial charge in [0.25, 0.3) is 0 Å². The summed E-state index contributed by atoms with van der Waals surface area (Å²) in [6, 6.07) is 13.8. The first kappa shape index (κ1) is 20.1.